The number of allylic oxidation sites excluding steroid dienone is 5. The summed E-state index contributed by atoms with van der Waals surface area (Å²) in [4.78, 5) is 9.38. The van der Waals surface area contributed by atoms with Gasteiger partial charge < -0.3 is 21.4 Å². The van der Waals surface area contributed by atoms with Crippen LogP contribution >= 0.6 is 0 Å². The average Bonchev–Trinajstić information content (AvgIpc) is 3.11. The van der Waals surface area contributed by atoms with Crippen LogP contribution in [0.15, 0.2) is 79.2 Å². The second kappa shape index (κ2) is 9.17. The largest absolute Gasteiger partial charge is 0.404 e. The van der Waals surface area contributed by atoms with Crippen molar-refractivity contribution in [3.05, 3.63) is 95.6 Å². The van der Waals surface area contributed by atoms with E-state index in [-0.39, 0.29) is 0 Å². The lowest BCUT2D eigenvalue weighted by Crippen LogP contribution is -2.25. The summed E-state index contributed by atoms with van der Waals surface area (Å²) >= 11 is 0. The Labute approximate surface area is 180 Å². The second-order valence-electron chi connectivity index (χ2n) is 7.15. The zero-order valence-electron chi connectivity index (χ0n) is 17.7. The number of nitrogens with two attached hydrogens (primary N) is 2. The van der Waals surface area contributed by atoms with E-state index < -0.39 is 5.82 Å². The van der Waals surface area contributed by atoms with Crippen LogP contribution in [0.1, 0.15) is 0 Å². The highest BCUT2D eigenvalue weighted by Crippen LogP contribution is 2.30. The molecule has 5 N–H and O–H groups in total. The van der Waals surface area contributed by atoms with Gasteiger partial charge in [0.25, 0.3) is 0 Å². The Balaban J connectivity index is 2.37. The van der Waals surface area contributed by atoms with Crippen LogP contribution in [0.2, 0.25) is 0 Å². The van der Waals surface area contributed by atoms with Crippen LogP contribution in [0.4, 0.5) is 10.1 Å². The lowest BCUT2D eigenvalue weighted by atomic mass is 9.99. The number of nitrogens with one attached hydrogen (secondary N) is 1. The Kier molecular flexibility index (Phi) is 6.40. The third-order valence-corrected chi connectivity index (χ3v) is 4.94. The summed E-state index contributed by atoms with van der Waals surface area (Å²) in [5.74, 6) is -0.424. The molecule has 31 heavy (non-hydrogen) atoms. The molecule has 0 radical (unpaired) electrons. The topological polar surface area (TPSA) is 84.0 Å². The molecule has 6 heteroatoms. The summed E-state index contributed by atoms with van der Waals surface area (Å²) in [7, 11) is 3.88. The minimum Gasteiger partial charge on any atom is -0.404 e. The van der Waals surface area contributed by atoms with E-state index in [9.17, 15) is 0 Å². The predicted octanol–water partition coefficient (Wildman–Crippen LogP) is 3.05. The number of fused-ring (bicyclic) bond motifs is 1. The summed E-state index contributed by atoms with van der Waals surface area (Å²) in [6, 6.07) is 7.68. The van der Waals surface area contributed by atoms with Crippen molar-refractivity contribution >= 4 is 29.0 Å². The molecule has 3 aromatic rings. The molecule has 0 aliphatic rings. The molecule has 0 aliphatic carbocycles. The molecule has 0 fully saturated rings. The summed E-state index contributed by atoms with van der Waals surface area (Å²) in [5.41, 5.74) is 15.7. The zero-order valence-corrected chi connectivity index (χ0v) is 17.7. The van der Waals surface area contributed by atoms with Crippen LogP contribution < -0.4 is 26.9 Å². The first kappa shape index (κ1) is 21.6. The number of nitrogens with zero attached hydrogens (tertiary/aromatic N) is 2. The monoisotopic (exact) mass is 415 g/mol. The molecular formula is C25H26FN5. The van der Waals surface area contributed by atoms with Crippen LogP contribution in [-0.2, 0) is 0 Å². The van der Waals surface area contributed by atoms with Gasteiger partial charge in [-0.05, 0) is 34.9 Å². The third kappa shape index (κ3) is 4.28. The summed E-state index contributed by atoms with van der Waals surface area (Å²) < 4.78 is 15.1. The zero-order chi connectivity index (χ0) is 22.5. The van der Waals surface area contributed by atoms with Crippen molar-refractivity contribution in [1.82, 2.24) is 9.97 Å². The molecule has 3 rings (SSSR count). The van der Waals surface area contributed by atoms with Gasteiger partial charge in [0.1, 0.15) is 11.5 Å². The van der Waals surface area contributed by atoms with Crippen molar-refractivity contribution in [2.45, 2.75) is 0 Å². The van der Waals surface area contributed by atoms with E-state index in [0.717, 1.165) is 11.3 Å². The number of pyridine rings is 1. The number of hydrogen-bond acceptors (Lipinski definition) is 4. The molecule has 0 saturated carbocycles. The van der Waals surface area contributed by atoms with Gasteiger partial charge in [-0.3, -0.25) is 0 Å². The molecular weight excluding hydrogens is 389 g/mol. The SMILES string of the molecule is C=C/C=C\C(=C/N)C(=C)/C=c1\c(=C/N)[nH]c2ncc(F)c(-c3cccc(N(C)C)c3)c12. The van der Waals surface area contributed by atoms with Gasteiger partial charge in [0.2, 0.25) is 0 Å². The van der Waals surface area contributed by atoms with Crippen molar-refractivity contribution in [3.8, 4) is 11.1 Å². The fraction of sp³-hybridized carbons (Fsp3) is 0.0800. The predicted molar refractivity (Wildman–Crippen MR) is 129 cm³/mol. The van der Waals surface area contributed by atoms with E-state index in [0.29, 0.717) is 38.3 Å². The van der Waals surface area contributed by atoms with E-state index >= 15 is 4.39 Å². The molecule has 0 atom stereocenters. The van der Waals surface area contributed by atoms with Gasteiger partial charge in [-0.15, -0.1) is 0 Å². The highest BCUT2D eigenvalue weighted by atomic mass is 19.1. The van der Waals surface area contributed by atoms with Crippen LogP contribution in [-0.4, -0.2) is 24.1 Å². The smallest absolute Gasteiger partial charge is 0.150 e. The minimum atomic E-state index is -0.424. The van der Waals surface area contributed by atoms with Gasteiger partial charge >= 0.3 is 0 Å². The van der Waals surface area contributed by atoms with Crippen molar-refractivity contribution in [1.29, 1.82) is 0 Å². The first-order chi connectivity index (χ1) is 14.9. The van der Waals surface area contributed by atoms with Gasteiger partial charge in [-0.25, -0.2) is 9.37 Å². The van der Waals surface area contributed by atoms with Gasteiger partial charge in [0.05, 0.1) is 11.5 Å². The normalized spacial score (nSPS) is 13.3. The Bertz CT molecular complexity index is 1330. The van der Waals surface area contributed by atoms with Crippen molar-refractivity contribution < 1.29 is 4.39 Å². The van der Waals surface area contributed by atoms with Gasteiger partial charge in [0.15, 0.2) is 0 Å². The maximum atomic E-state index is 15.1. The highest BCUT2D eigenvalue weighted by Gasteiger charge is 2.16. The van der Waals surface area contributed by atoms with Crippen molar-refractivity contribution in [2.24, 2.45) is 11.5 Å². The Morgan fingerprint density at radius 1 is 1.26 bits per heavy atom. The highest BCUT2D eigenvalue weighted by molar-refractivity contribution is 5.95. The molecule has 2 heterocycles. The molecule has 0 saturated heterocycles. The maximum absolute atomic E-state index is 15.1. The Morgan fingerprint density at radius 3 is 2.68 bits per heavy atom. The third-order valence-electron chi connectivity index (χ3n) is 4.94. The van der Waals surface area contributed by atoms with Gasteiger partial charge in [-0.2, -0.15) is 0 Å². The van der Waals surface area contributed by atoms with E-state index in [4.69, 9.17) is 11.5 Å². The quantitative estimate of drug-likeness (QED) is 0.541. The summed E-state index contributed by atoms with van der Waals surface area (Å²) in [6.07, 6.45) is 11.1. The fourth-order valence-corrected chi connectivity index (χ4v) is 3.38. The van der Waals surface area contributed by atoms with E-state index in [1.54, 1.807) is 18.2 Å². The van der Waals surface area contributed by atoms with E-state index in [2.05, 4.69) is 23.1 Å². The van der Waals surface area contributed by atoms with E-state index in [1.165, 1.54) is 18.6 Å². The molecule has 0 spiro atoms. The van der Waals surface area contributed by atoms with Crippen LogP contribution in [0.25, 0.3) is 34.4 Å². The first-order valence-corrected chi connectivity index (χ1v) is 9.69. The number of aromatic amines is 1. The molecule has 2 aromatic heterocycles. The molecule has 0 unspecified atom stereocenters. The molecule has 1 aromatic carbocycles. The number of aromatic nitrogens is 2. The number of anilines is 1. The summed E-state index contributed by atoms with van der Waals surface area (Å²) in [5, 5.41) is 1.92. The first-order valence-electron chi connectivity index (χ1n) is 9.69. The van der Waals surface area contributed by atoms with Crippen LogP contribution in [0.3, 0.4) is 0 Å². The summed E-state index contributed by atoms with van der Waals surface area (Å²) in [6.45, 7) is 7.79. The van der Waals surface area contributed by atoms with Crippen molar-refractivity contribution in [3.63, 3.8) is 0 Å². The average molecular weight is 416 g/mol. The van der Waals surface area contributed by atoms with E-state index in [1.807, 2.05) is 49.3 Å². The van der Waals surface area contributed by atoms with Crippen molar-refractivity contribution in [2.75, 3.05) is 19.0 Å². The molecule has 158 valence electrons. The fourth-order valence-electron chi connectivity index (χ4n) is 3.38. The minimum absolute atomic E-state index is 0.424. The number of benzene rings is 1. The number of hydrogen-bond donors (Lipinski definition) is 3. The molecule has 5 nitrogen and oxygen atoms in total. The number of rotatable bonds is 6. The Morgan fingerprint density at radius 2 is 2.03 bits per heavy atom. The second-order valence-corrected chi connectivity index (χ2v) is 7.15. The number of H-pyrrole nitrogens is 1. The molecule has 0 bridgehead atoms. The standard InChI is InChI=1S/C25H26FN5/c1-5-6-8-18(13-27)16(2)11-20-22(14-28)30-25-24(20)23(21(26)15-29-25)17-9-7-10-19(12-17)31(3)4/h5-15H,1-2,27-28H2,3-4H3,(H,29,30)/b8-6-,18-13+,20-11+,22-14+. The van der Waals surface area contributed by atoms with Crippen LogP contribution in [0.5, 0.6) is 0 Å². The Hall–Kier alpha value is -4.06. The lowest BCUT2D eigenvalue weighted by Gasteiger charge is -2.14. The number of halogens is 1. The maximum Gasteiger partial charge on any atom is 0.150 e. The lowest BCUT2D eigenvalue weighted by molar-refractivity contribution is 0.627. The molecule has 0 aliphatic heterocycles. The van der Waals surface area contributed by atoms with Crippen LogP contribution in [0, 0.1) is 5.82 Å². The van der Waals surface area contributed by atoms with Gasteiger partial charge in [0, 0.05) is 48.4 Å². The van der Waals surface area contributed by atoms with Gasteiger partial charge in [-0.1, -0.05) is 43.5 Å². The molecule has 0 amide bonds.